The van der Waals surface area contributed by atoms with Crippen molar-refractivity contribution in [2.75, 3.05) is 4.90 Å². The first-order valence-corrected chi connectivity index (χ1v) is 10.9. The van der Waals surface area contributed by atoms with Gasteiger partial charge in [0, 0.05) is 22.7 Å². The second kappa shape index (κ2) is 7.03. The minimum Gasteiger partial charge on any atom is -0.310 e. The van der Waals surface area contributed by atoms with E-state index in [1.807, 2.05) is 6.20 Å². The maximum absolute atomic E-state index is 4.40. The molecule has 0 bridgehead atoms. The van der Waals surface area contributed by atoms with E-state index in [2.05, 4.69) is 120 Å². The molecule has 1 aliphatic heterocycles. The quantitative estimate of drug-likeness (QED) is 0.302. The first-order chi connectivity index (χ1) is 15.6. The average molecular weight is 414 g/mol. The highest BCUT2D eigenvalue weighted by molar-refractivity contribution is 5.87. The molecule has 0 N–H and O–H groups in total. The Kier molecular flexibility index (Phi) is 4.12. The van der Waals surface area contributed by atoms with E-state index >= 15 is 0 Å². The fourth-order valence-electron chi connectivity index (χ4n) is 4.90. The monoisotopic (exact) mass is 413 g/mol. The van der Waals surface area contributed by atoms with Gasteiger partial charge in [0.2, 0.25) is 0 Å². The molecule has 0 saturated heterocycles. The zero-order valence-corrected chi connectivity index (χ0v) is 18.2. The molecule has 4 aromatic carbocycles. The van der Waals surface area contributed by atoms with Crippen LogP contribution in [0, 0.1) is 0 Å². The Morgan fingerprint density at radius 2 is 1.31 bits per heavy atom. The van der Waals surface area contributed by atoms with E-state index in [1.165, 1.54) is 28.1 Å². The third-order valence-corrected chi connectivity index (χ3v) is 6.60. The van der Waals surface area contributed by atoms with E-state index in [4.69, 9.17) is 0 Å². The number of hydrogen-bond acceptors (Lipinski definition) is 3. The van der Waals surface area contributed by atoms with Crippen molar-refractivity contribution in [2.45, 2.75) is 19.3 Å². The number of nitrogens with zero attached hydrogens (tertiary/aromatic N) is 3. The van der Waals surface area contributed by atoms with Crippen molar-refractivity contribution in [3.05, 3.63) is 115 Å². The molecule has 0 radical (unpaired) electrons. The first-order valence-electron chi connectivity index (χ1n) is 10.9. The minimum atomic E-state index is -0.0451. The van der Waals surface area contributed by atoms with E-state index in [0.29, 0.717) is 0 Å². The molecule has 1 aliphatic rings. The van der Waals surface area contributed by atoms with Crippen LogP contribution >= 0.6 is 0 Å². The van der Waals surface area contributed by atoms with Gasteiger partial charge in [0.1, 0.15) is 6.33 Å². The van der Waals surface area contributed by atoms with Crippen LogP contribution in [-0.4, -0.2) is 9.97 Å². The summed E-state index contributed by atoms with van der Waals surface area (Å²) in [5.41, 5.74) is 9.58. The zero-order chi connectivity index (χ0) is 21.7. The highest BCUT2D eigenvalue weighted by atomic mass is 15.2. The molecule has 3 heteroatoms. The average Bonchev–Trinajstić information content (AvgIpc) is 2.84. The number of hydrogen-bond donors (Lipinski definition) is 0. The Hall–Kier alpha value is -3.98. The molecule has 0 fully saturated rings. The zero-order valence-electron chi connectivity index (χ0n) is 18.2. The van der Waals surface area contributed by atoms with Gasteiger partial charge < -0.3 is 4.90 Å². The summed E-state index contributed by atoms with van der Waals surface area (Å²) >= 11 is 0. The van der Waals surface area contributed by atoms with E-state index in [9.17, 15) is 0 Å². The summed E-state index contributed by atoms with van der Waals surface area (Å²) in [6.07, 6.45) is 3.45. The number of fused-ring (bicyclic) bond motifs is 3. The second-order valence-corrected chi connectivity index (χ2v) is 8.84. The molecule has 154 valence electrons. The van der Waals surface area contributed by atoms with Gasteiger partial charge in [-0.05, 0) is 52.6 Å². The predicted molar refractivity (Wildman–Crippen MR) is 132 cm³/mol. The van der Waals surface area contributed by atoms with Crippen LogP contribution in [0.2, 0.25) is 0 Å². The Balaban J connectivity index is 1.46. The van der Waals surface area contributed by atoms with Crippen LogP contribution in [-0.2, 0) is 5.41 Å². The number of rotatable bonds is 2. The summed E-state index contributed by atoms with van der Waals surface area (Å²) < 4.78 is 0. The highest BCUT2D eigenvalue weighted by Gasteiger charge is 2.36. The summed E-state index contributed by atoms with van der Waals surface area (Å²) in [6, 6.07) is 32.6. The highest BCUT2D eigenvalue weighted by Crippen LogP contribution is 2.51. The van der Waals surface area contributed by atoms with Crippen molar-refractivity contribution in [1.29, 1.82) is 0 Å². The molecule has 5 aromatic rings. The van der Waals surface area contributed by atoms with E-state index in [0.717, 1.165) is 22.2 Å². The molecule has 0 spiro atoms. The smallest absolute Gasteiger partial charge is 0.116 e. The van der Waals surface area contributed by atoms with Crippen molar-refractivity contribution in [2.24, 2.45) is 0 Å². The summed E-state index contributed by atoms with van der Waals surface area (Å²) in [5, 5.41) is 1.05. The lowest BCUT2D eigenvalue weighted by molar-refractivity contribution is 0.632. The third-order valence-electron chi connectivity index (χ3n) is 6.60. The van der Waals surface area contributed by atoms with Crippen molar-refractivity contribution >= 4 is 28.0 Å². The number of aromatic nitrogens is 2. The molecule has 2 heterocycles. The van der Waals surface area contributed by atoms with Gasteiger partial charge in [-0.15, -0.1) is 0 Å². The molecule has 3 nitrogen and oxygen atoms in total. The van der Waals surface area contributed by atoms with Gasteiger partial charge >= 0.3 is 0 Å². The molecule has 0 amide bonds. The van der Waals surface area contributed by atoms with Crippen LogP contribution in [0.25, 0.3) is 22.0 Å². The fraction of sp³-hybridized carbons (Fsp3) is 0.103. The van der Waals surface area contributed by atoms with Crippen LogP contribution < -0.4 is 4.90 Å². The van der Waals surface area contributed by atoms with Gasteiger partial charge in [-0.1, -0.05) is 74.5 Å². The van der Waals surface area contributed by atoms with Gasteiger partial charge in [-0.2, -0.15) is 0 Å². The van der Waals surface area contributed by atoms with E-state index in [-0.39, 0.29) is 5.41 Å². The summed E-state index contributed by atoms with van der Waals surface area (Å²) in [7, 11) is 0. The Morgan fingerprint density at radius 3 is 2.00 bits per heavy atom. The lowest BCUT2D eigenvalue weighted by Crippen LogP contribution is -2.30. The van der Waals surface area contributed by atoms with Crippen LogP contribution in [0.5, 0.6) is 0 Å². The van der Waals surface area contributed by atoms with Crippen molar-refractivity contribution in [3.63, 3.8) is 0 Å². The number of para-hydroxylation sites is 2. The predicted octanol–water partition coefficient (Wildman–Crippen LogP) is 7.41. The van der Waals surface area contributed by atoms with E-state index in [1.54, 1.807) is 6.33 Å². The van der Waals surface area contributed by atoms with Crippen molar-refractivity contribution in [1.82, 2.24) is 9.97 Å². The van der Waals surface area contributed by atoms with Crippen LogP contribution in [0.15, 0.2) is 104 Å². The summed E-state index contributed by atoms with van der Waals surface area (Å²) in [4.78, 5) is 10.9. The lowest BCUT2D eigenvalue weighted by atomic mass is 9.73. The summed E-state index contributed by atoms with van der Waals surface area (Å²) in [5.74, 6) is 0. The number of benzene rings is 4. The van der Waals surface area contributed by atoms with Gasteiger partial charge in [0.25, 0.3) is 0 Å². The second-order valence-electron chi connectivity index (χ2n) is 8.84. The minimum absolute atomic E-state index is 0.0451. The molecule has 0 saturated carbocycles. The van der Waals surface area contributed by atoms with Crippen molar-refractivity contribution in [3.8, 4) is 11.1 Å². The molecule has 6 rings (SSSR count). The lowest BCUT2D eigenvalue weighted by Gasteiger charge is -2.42. The normalized spacial score (nSPS) is 14.1. The molecule has 1 aromatic heterocycles. The van der Waals surface area contributed by atoms with Gasteiger partial charge in [0.15, 0.2) is 0 Å². The molecule has 0 unspecified atom stereocenters. The maximum atomic E-state index is 4.40. The Bertz CT molecular complexity index is 1400. The molecule has 0 atom stereocenters. The standard InChI is InChI=1S/C29H23N3/c1-29(2)24-7-3-5-9-27(24)32(28-10-6-4-8-25(28)29)23-15-13-20(14-16-23)21-11-12-22-18-30-19-31-26(22)17-21/h3-19H,1-2H3. The molecular weight excluding hydrogens is 390 g/mol. The first kappa shape index (κ1) is 18.8. The van der Waals surface area contributed by atoms with Gasteiger partial charge in [-0.3, -0.25) is 0 Å². The number of anilines is 3. The van der Waals surface area contributed by atoms with Gasteiger partial charge in [0.05, 0.1) is 16.9 Å². The summed E-state index contributed by atoms with van der Waals surface area (Å²) in [6.45, 7) is 4.63. The molecule has 32 heavy (non-hydrogen) atoms. The topological polar surface area (TPSA) is 29.0 Å². The SMILES string of the molecule is CC1(C)c2ccccc2N(c2ccc(-c3ccc4cncnc4c3)cc2)c2ccccc21. The Labute approximate surface area is 188 Å². The third kappa shape index (κ3) is 2.82. The van der Waals surface area contributed by atoms with Gasteiger partial charge in [-0.25, -0.2) is 9.97 Å². The Morgan fingerprint density at radius 1 is 0.688 bits per heavy atom. The fourth-order valence-corrected chi connectivity index (χ4v) is 4.90. The van der Waals surface area contributed by atoms with Crippen LogP contribution in [0.1, 0.15) is 25.0 Å². The maximum Gasteiger partial charge on any atom is 0.116 e. The largest absolute Gasteiger partial charge is 0.310 e. The molecular formula is C29H23N3. The van der Waals surface area contributed by atoms with Crippen LogP contribution in [0.3, 0.4) is 0 Å². The van der Waals surface area contributed by atoms with Crippen LogP contribution in [0.4, 0.5) is 17.1 Å². The molecule has 0 aliphatic carbocycles. The van der Waals surface area contributed by atoms with E-state index < -0.39 is 0 Å². The van der Waals surface area contributed by atoms with Crippen molar-refractivity contribution < 1.29 is 0 Å².